The number of unbranched alkanes of at least 4 members (excludes halogenated alkanes) is 16. The monoisotopic (exact) mass is 414 g/mol. The van der Waals surface area contributed by atoms with E-state index in [0.29, 0.717) is 0 Å². The summed E-state index contributed by atoms with van der Waals surface area (Å²) >= 11 is 0. The van der Waals surface area contributed by atoms with E-state index in [4.69, 9.17) is 9.05 Å². The van der Waals surface area contributed by atoms with Gasteiger partial charge in [-0.25, -0.2) is 4.57 Å². The van der Waals surface area contributed by atoms with E-state index in [-0.39, 0.29) is 0 Å². The predicted octanol–water partition coefficient (Wildman–Crippen LogP) is 9.50. The SMILES string of the molecule is CCCCCCCCCCC=CO[PH](=O)OC=CCCCCCCCCCC. The van der Waals surface area contributed by atoms with Crippen LogP contribution in [-0.4, -0.2) is 0 Å². The van der Waals surface area contributed by atoms with E-state index in [2.05, 4.69) is 13.8 Å². The van der Waals surface area contributed by atoms with Gasteiger partial charge >= 0.3 is 8.25 Å². The molecule has 0 saturated heterocycles. The van der Waals surface area contributed by atoms with Crippen LogP contribution in [0.3, 0.4) is 0 Å². The highest BCUT2D eigenvalue weighted by Gasteiger charge is 1.94. The molecule has 0 aliphatic carbocycles. The summed E-state index contributed by atoms with van der Waals surface area (Å²) in [6.45, 7) is 4.50. The first-order valence-electron chi connectivity index (χ1n) is 12.0. The van der Waals surface area contributed by atoms with Crippen molar-refractivity contribution < 1.29 is 13.6 Å². The largest absolute Gasteiger partial charge is 0.426 e. The molecule has 3 nitrogen and oxygen atoms in total. The quantitative estimate of drug-likeness (QED) is 0.100. The molecule has 0 radical (unpaired) electrons. The van der Waals surface area contributed by atoms with Gasteiger partial charge in [-0.1, -0.05) is 104 Å². The molecule has 0 aromatic carbocycles. The normalized spacial score (nSPS) is 12.8. The van der Waals surface area contributed by atoms with Crippen LogP contribution in [0.1, 0.15) is 129 Å². The van der Waals surface area contributed by atoms with E-state index in [1.165, 1.54) is 115 Å². The Morgan fingerprint density at radius 2 is 0.857 bits per heavy atom. The lowest BCUT2D eigenvalue weighted by atomic mass is 10.1. The lowest BCUT2D eigenvalue weighted by Gasteiger charge is -2.01. The van der Waals surface area contributed by atoms with Crippen LogP contribution in [0.15, 0.2) is 24.7 Å². The Morgan fingerprint density at radius 3 is 1.21 bits per heavy atom. The Hall–Kier alpha value is -0.690. The van der Waals surface area contributed by atoms with Gasteiger partial charge in [0.1, 0.15) is 0 Å². The van der Waals surface area contributed by atoms with Gasteiger partial charge < -0.3 is 9.05 Å². The fourth-order valence-corrected chi connectivity index (χ4v) is 3.63. The molecule has 0 aromatic heterocycles. The number of hydrogen-bond donors (Lipinski definition) is 0. The van der Waals surface area contributed by atoms with E-state index in [1.54, 1.807) is 0 Å². The van der Waals surface area contributed by atoms with Gasteiger partial charge in [0.05, 0.1) is 12.5 Å². The van der Waals surface area contributed by atoms with Crippen LogP contribution in [-0.2, 0) is 13.6 Å². The number of allylic oxidation sites excluding steroid dienone is 2. The minimum absolute atomic E-state index is 0.985. The maximum atomic E-state index is 11.6. The molecule has 0 aliphatic heterocycles. The van der Waals surface area contributed by atoms with Gasteiger partial charge in [0.2, 0.25) is 0 Å². The van der Waals surface area contributed by atoms with Crippen molar-refractivity contribution in [3.8, 4) is 0 Å². The summed E-state index contributed by atoms with van der Waals surface area (Å²) in [6.07, 6.45) is 30.1. The summed E-state index contributed by atoms with van der Waals surface area (Å²) in [7, 11) is -2.43. The molecular weight excluding hydrogens is 367 g/mol. The van der Waals surface area contributed by atoms with Crippen LogP contribution in [0, 0.1) is 0 Å². The van der Waals surface area contributed by atoms with Crippen molar-refractivity contribution in [1.29, 1.82) is 0 Å². The minimum Gasteiger partial charge on any atom is -0.426 e. The highest BCUT2D eigenvalue weighted by Crippen LogP contribution is 2.24. The first kappa shape index (κ1) is 27.3. The molecule has 0 N–H and O–H groups in total. The lowest BCUT2D eigenvalue weighted by Crippen LogP contribution is -1.80. The van der Waals surface area contributed by atoms with Crippen molar-refractivity contribution in [1.82, 2.24) is 0 Å². The van der Waals surface area contributed by atoms with Crippen molar-refractivity contribution >= 4 is 8.25 Å². The molecule has 4 heteroatoms. The van der Waals surface area contributed by atoms with E-state index in [9.17, 15) is 4.57 Å². The summed E-state index contributed by atoms with van der Waals surface area (Å²) in [5.74, 6) is 0. The minimum atomic E-state index is -2.43. The number of hydrogen-bond acceptors (Lipinski definition) is 3. The topological polar surface area (TPSA) is 35.5 Å². The van der Waals surface area contributed by atoms with Crippen LogP contribution in [0.5, 0.6) is 0 Å². The molecule has 0 bridgehead atoms. The first-order valence-corrected chi connectivity index (χ1v) is 13.2. The van der Waals surface area contributed by atoms with Gasteiger partial charge in [0.15, 0.2) is 0 Å². The first-order chi connectivity index (χ1) is 13.8. The molecule has 166 valence electrons. The summed E-state index contributed by atoms with van der Waals surface area (Å²) in [4.78, 5) is 0. The molecule has 0 heterocycles. The second-order valence-corrected chi connectivity index (χ2v) is 8.73. The predicted molar refractivity (Wildman–Crippen MR) is 124 cm³/mol. The third kappa shape index (κ3) is 23.3. The summed E-state index contributed by atoms with van der Waals surface area (Å²) < 4.78 is 21.8. The molecule has 28 heavy (non-hydrogen) atoms. The second-order valence-electron chi connectivity index (χ2n) is 7.76. The van der Waals surface area contributed by atoms with Gasteiger partial charge in [0, 0.05) is 0 Å². The molecule has 0 saturated carbocycles. The maximum Gasteiger partial charge on any atom is 0.417 e. The maximum absolute atomic E-state index is 11.6. The highest BCUT2D eigenvalue weighted by atomic mass is 31.1. The van der Waals surface area contributed by atoms with Gasteiger partial charge in [-0.15, -0.1) is 0 Å². The molecule has 0 amide bonds. The number of rotatable bonds is 22. The van der Waals surface area contributed by atoms with Crippen molar-refractivity contribution in [2.45, 2.75) is 129 Å². The van der Waals surface area contributed by atoms with E-state index >= 15 is 0 Å². The standard InChI is InChI=1S/C24H47O3P/c1-3-5-7-9-11-13-15-17-19-21-23-26-28(25)27-24-22-20-18-16-14-12-10-8-6-4-2/h21-24,28H,3-20H2,1-2H3. The van der Waals surface area contributed by atoms with Gasteiger partial charge in [0.25, 0.3) is 0 Å². The van der Waals surface area contributed by atoms with Crippen LogP contribution < -0.4 is 0 Å². The lowest BCUT2D eigenvalue weighted by molar-refractivity contribution is 0.354. The smallest absolute Gasteiger partial charge is 0.417 e. The zero-order valence-corrected chi connectivity index (χ0v) is 19.8. The van der Waals surface area contributed by atoms with Crippen molar-refractivity contribution in [2.75, 3.05) is 0 Å². The molecule has 0 spiro atoms. The van der Waals surface area contributed by atoms with E-state index in [1.807, 2.05) is 12.2 Å². The summed E-state index contributed by atoms with van der Waals surface area (Å²) in [6, 6.07) is 0. The van der Waals surface area contributed by atoms with Crippen LogP contribution >= 0.6 is 8.25 Å². The molecule has 0 aliphatic rings. The average molecular weight is 415 g/mol. The summed E-state index contributed by atoms with van der Waals surface area (Å²) in [5, 5.41) is 0. The van der Waals surface area contributed by atoms with Gasteiger partial charge in [-0.05, 0) is 37.8 Å². The van der Waals surface area contributed by atoms with Gasteiger partial charge in [-0.3, -0.25) is 0 Å². The Balaban J connectivity index is 3.33. The Morgan fingerprint density at radius 1 is 0.536 bits per heavy atom. The van der Waals surface area contributed by atoms with Crippen LogP contribution in [0.2, 0.25) is 0 Å². The molecule has 0 aromatic rings. The van der Waals surface area contributed by atoms with E-state index in [0.717, 1.165) is 12.8 Å². The van der Waals surface area contributed by atoms with E-state index < -0.39 is 8.25 Å². The van der Waals surface area contributed by atoms with Gasteiger partial charge in [-0.2, -0.15) is 0 Å². The molecular formula is C24H47O3P. The Kier molecular flexibility index (Phi) is 23.7. The highest BCUT2D eigenvalue weighted by molar-refractivity contribution is 7.33. The molecule has 0 unspecified atom stereocenters. The average Bonchev–Trinajstić information content (AvgIpc) is 2.70. The van der Waals surface area contributed by atoms with Crippen LogP contribution in [0.4, 0.5) is 0 Å². The van der Waals surface area contributed by atoms with Crippen molar-refractivity contribution in [3.05, 3.63) is 24.7 Å². The molecule has 0 atom stereocenters. The molecule has 0 fully saturated rings. The van der Waals surface area contributed by atoms with Crippen LogP contribution in [0.25, 0.3) is 0 Å². The molecule has 0 rings (SSSR count). The summed E-state index contributed by atoms with van der Waals surface area (Å²) in [5.41, 5.74) is 0. The third-order valence-electron chi connectivity index (χ3n) is 4.97. The van der Waals surface area contributed by atoms with Crippen molar-refractivity contribution in [2.24, 2.45) is 0 Å². The van der Waals surface area contributed by atoms with Crippen molar-refractivity contribution in [3.63, 3.8) is 0 Å². The zero-order valence-electron chi connectivity index (χ0n) is 18.8. The fraction of sp³-hybridized carbons (Fsp3) is 0.833. The fourth-order valence-electron chi connectivity index (χ4n) is 3.16. The zero-order chi connectivity index (χ0) is 20.5. The second kappa shape index (κ2) is 24.3. The Labute approximate surface area is 176 Å². The Bertz CT molecular complexity index is 346. The third-order valence-corrected chi connectivity index (χ3v) is 5.63.